The van der Waals surface area contributed by atoms with Crippen LogP contribution in [0.1, 0.15) is 55.0 Å². The number of hydrogen-bond acceptors (Lipinski definition) is 5. The Hall–Kier alpha value is -2.25. The Labute approximate surface area is 153 Å². The summed E-state index contributed by atoms with van der Waals surface area (Å²) in [6.45, 7) is 4.75. The highest BCUT2D eigenvalue weighted by Crippen LogP contribution is 2.31. The molecule has 0 radical (unpaired) electrons. The average Bonchev–Trinajstić information content (AvgIpc) is 3.13. The molecule has 1 saturated heterocycles. The maximum Gasteiger partial charge on any atom is 0.244 e. The summed E-state index contributed by atoms with van der Waals surface area (Å²) in [5.74, 6) is 2.21. The van der Waals surface area contributed by atoms with E-state index >= 15 is 0 Å². The lowest BCUT2D eigenvalue weighted by atomic mass is 9.98. The number of carbonyl (C=O) groups excluding carboxylic acids is 1. The molecule has 0 bridgehead atoms. The van der Waals surface area contributed by atoms with Gasteiger partial charge in [0.2, 0.25) is 5.91 Å². The average molecular weight is 355 g/mol. The molecule has 0 spiro atoms. The topological polar surface area (TPSA) is 86.3 Å². The number of nitrogens with two attached hydrogens (primary N) is 1. The van der Waals surface area contributed by atoms with Gasteiger partial charge in [-0.15, -0.1) is 10.2 Å². The lowest BCUT2D eigenvalue weighted by Crippen LogP contribution is -2.44. The summed E-state index contributed by atoms with van der Waals surface area (Å²) in [6, 6.07) is 9.00. The van der Waals surface area contributed by atoms with Gasteiger partial charge in [0.25, 0.3) is 0 Å². The molecule has 0 unspecified atom stereocenters. The minimum Gasteiger partial charge on any atom is -0.381 e. The number of hydrogen-bond donors (Lipinski definition) is 1. The van der Waals surface area contributed by atoms with E-state index in [1.54, 1.807) is 4.90 Å². The van der Waals surface area contributed by atoms with E-state index in [0.717, 1.165) is 43.3 Å². The lowest BCUT2D eigenvalue weighted by molar-refractivity contribution is -0.134. The van der Waals surface area contributed by atoms with Gasteiger partial charge in [-0.1, -0.05) is 30.3 Å². The van der Waals surface area contributed by atoms with Crippen molar-refractivity contribution >= 4 is 5.91 Å². The van der Waals surface area contributed by atoms with Crippen molar-refractivity contribution in [3.8, 4) is 0 Å². The molecule has 3 heterocycles. The molecule has 1 aromatic heterocycles. The summed E-state index contributed by atoms with van der Waals surface area (Å²) in [7, 11) is 0. The van der Waals surface area contributed by atoms with Crippen LogP contribution in [0.4, 0.5) is 0 Å². The van der Waals surface area contributed by atoms with E-state index < -0.39 is 6.04 Å². The van der Waals surface area contributed by atoms with Crippen molar-refractivity contribution < 1.29 is 9.53 Å². The first-order chi connectivity index (χ1) is 12.6. The van der Waals surface area contributed by atoms with Crippen molar-refractivity contribution in [2.24, 2.45) is 5.73 Å². The van der Waals surface area contributed by atoms with E-state index in [0.29, 0.717) is 19.0 Å². The Bertz CT molecular complexity index is 769. The van der Waals surface area contributed by atoms with Gasteiger partial charge in [0, 0.05) is 25.7 Å². The van der Waals surface area contributed by atoms with Crippen LogP contribution < -0.4 is 5.73 Å². The van der Waals surface area contributed by atoms with Gasteiger partial charge in [-0.3, -0.25) is 4.79 Å². The second-order valence-corrected chi connectivity index (χ2v) is 7.19. The minimum absolute atomic E-state index is 0.0649. The van der Waals surface area contributed by atoms with Crippen molar-refractivity contribution in [2.45, 2.75) is 44.3 Å². The van der Waals surface area contributed by atoms with E-state index in [2.05, 4.69) is 21.7 Å². The van der Waals surface area contributed by atoms with Crippen molar-refractivity contribution in [3.63, 3.8) is 0 Å². The minimum atomic E-state index is -0.646. The highest BCUT2D eigenvalue weighted by Gasteiger charge is 2.33. The predicted octanol–water partition coefficient (Wildman–Crippen LogP) is 1.78. The maximum absolute atomic E-state index is 12.9. The van der Waals surface area contributed by atoms with Gasteiger partial charge < -0.3 is 19.9 Å². The third-order valence-electron chi connectivity index (χ3n) is 5.37. The lowest BCUT2D eigenvalue weighted by Gasteiger charge is -2.35. The largest absolute Gasteiger partial charge is 0.381 e. The second kappa shape index (κ2) is 7.17. The number of benzene rings is 1. The molecule has 2 N–H and O–H groups in total. The first kappa shape index (κ1) is 17.2. The number of ether oxygens (including phenoxy) is 1. The molecule has 2 aromatic rings. The van der Waals surface area contributed by atoms with Crippen LogP contribution in [0.5, 0.6) is 0 Å². The van der Waals surface area contributed by atoms with Crippen LogP contribution in [-0.2, 0) is 16.1 Å². The molecule has 26 heavy (non-hydrogen) atoms. The number of amides is 1. The number of fused-ring (bicyclic) bond motifs is 1. The molecule has 7 heteroatoms. The standard InChI is InChI=1S/C19H25N5O2/c1-13-11-23(19(25)17(20)14-5-3-2-4-6-14)12-16-21-22-18(24(13)16)15-7-9-26-10-8-15/h2-6,13,15,17H,7-12,20H2,1H3/t13-,17+/m0/s1. The Balaban J connectivity index is 1.53. The molecule has 2 atom stereocenters. The molecule has 0 saturated carbocycles. The fraction of sp³-hybridized carbons (Fsp3) is 0.526. The zero-order valence-corrected chi connectivity index (χ0v) is 15.0. The van der Waals surface area contributed by atoms with Gasteiger partial charge >= 0.3 is 0 Å². The number of rotatable bonds is 3. The summed E-state index contributed by atoms with van der Waals surface area (Å²) in [5.41, 5.74) is 7.04. The number of aromatic nitrogens is 3. The van der Waals surface area contributed by atoms with Crippen molar-refractivity contribution in [3.05, 3.63) is 47.5 Å². The van der Waals surface area contributed by atoms with E-state index in [1.165, 1.54) is 0 Å². The third kappa shape index (κ3) is 3.12. The van der Waals surface area contributed by atoms with Crippen LogP contribution in [0.2, 0.25) is 0 Å². The number of nitrogens with zero attached hydrogens (tertiary/aromatic N) is 4. The summed E-state index contributed by atoms with van der Waals surface area (Å²) in [5, 5.41) is 8.84. The van der Waals surface area contributed by atoms with E-state index in [9.17, 15) is 4.79 Å². The number of carbonyl (C=O) groups is 1. The third-order valence-corrected chi connectivity index (χ3v) is 5.37. The summed E-state index contributed by atoms with van der Waals surface area (Å²) >= 11 is 0. The van der Waals surface area contributed by atoms with Crippen molar-refractivity contribution in [2.75, 3.05) is 19.8 Å². The van der Waals surface area contributed by atoms with Crippen LogP contribution in [0, 0.1) is 0 Å². The van der Waals surface area contributed by atoms with Gasteiger partial charge in [-0.25, -0.2) is 0 Å². The Morgan fingerprint density at radius 1 is 1.23 bits per heavy atom. The molecule has 2 aliphatic heterocycles. The Kier molecular flexibility index (Phi) is 4.74. The van der Waals surface area contributed by atoms with Crippen LogP contribution in [0.3, 0.4) is 0 Å². The van der Waals surface area contributed by atoms with E-state index in [1.807, 2.05) is 30.3 Å². The highest BCUT2D eigenvalue weighted by molar-refractivity contribution is 5.83. The molecule has 0 aliphatic carbocycles. The zero-order chi connectivity index (χ0) is 18.1. The van der Waals surface area contributed by atoms with Crippen LogP contribution in [-0.4, -0.2) is 45.3 Å². The smallest absolute Gasteiger partial charge is 0.244 e. The molecule has 7 nitrogen and oxygen atoms in total. The van der Waals surface area contributed by atoms with Crippen LogP contribution >= 0.6 is 0 Å². The first-order valence-corrected chi connectivity index (χ1v) is 9.26. The Morgan fingerprint density at radius 3 is 2.69 bits per heavy atom. The molecule has 2 aliphatic rings. The van der Waals surface area contributed by atoms with Gasteiger partial charge in [0.05, 0.1) is 12.6 Å². The van der Waals surface area contributed by atoms with Crippen molar-refractivity contribution in [1.82, 2.24) is 19.7 Å². The zero-order valence-electron chi connectivity index (χ0n) is 15.0. The first-order valence-electron chi connectivity index (χ1n) is 9.26. The summed E-state index contributed by atoms with van der Waals surface area (Å²) in [4.78, 5) is 14.7. The molecular weight excluding hydrogens is 330 g/mol. The fourth-order valence-electron chi connectivity index (χ4n) is 3.96. The molecule has 1 aromatic carbocycles. The molecule has 1 amide bonds. The Morgan fingerprint density at radius 2 is 1.96 bits per heavy atom. The van der Waals surface area contributed by atoms with Gasteiger partial charge in [0.15, 0.2) is 5.82 Å². The van der Waals surface area contributed by atoms with Crippen molar-refractivity contribution in [1.29, 1.82) is 0 Å². The van der Waals surface area contributed by atoms with Crippen LogP contribution in [0.25, 0.3) is 0 Å². The van der Waals surface area contributed by atoms with E-state index in [-0.39, 0.29) is 11.9 Å². The SMILES string of the molecule is C[C@H]1CN(C(=O)[C@H](N)c2ccccc2)Cc2nnc(C3CCOCC3)n21. The quantitative estimate of drug-likeness (QED) is 0.907. The summed E-state index contributed by atoms with van der Waals surface area (Å²) in [6.07, 6.45) is 1.96. The molecule has 1 fully saturated rings. The molecule has 4 rings (SSSR count). The molecule has 138 valence electrons. The van der Waals surface area contributed by atoms with Gasteiger partial charge in [-0.2, -0.15) is 0 Å². The normalized spacial score (nSPS) is 22.1. The molecular formula is C19H25N5O2. The van der Waals surface area contributed by atoms with Crippen LogP contribution in [0.15, 0.2) is 30.3 Å². The predicted molar refractivity (Wildman–Crippen MR) is 96.3 cm³/mol. The highest BCUT2D eigenvalue weighted by atomic mass is 16.5. The monoisotopic (exact) mass is 355 g/mol. The van der Waals surface area contributed by atoms with E-state index in [4.69, 9.17) is 10.5 Å². The van der Waals surface area contributed by atoms with Gasteiger partial charge in [-0.05, 0) is 25.3 Å². The fourth-order valence-corrected chi connectivity index (χ4v) is 3.96. The maximum atomic E-state index is 12.9. The second-order valence-electron chi connectivity index (χ2n) is 7.19. The van der Waals surface area contributed by atoms with Gasteiger partial charge in [0.1, 0.15) is 11.9 Å². The summed E-state index contributed by atoms with van der Waals surface area (Å²) < 4.78 is 7.68.